The fraction of sp³-hybridized carbons (Fsp3) is 0.552. The molecule has 3 N–H and O–H groups in total. The number of phenolic OH excluding ortho intramolecular Hbond substituents is 1. The highest BCUT2D eigenvalue weighted by Gasteiger charge is 2.53. The molecule has 2 aromatic carbocycles. The van der Waals surface area contributed by atoms with Crippen molar-refractivity contribution >= 4 is 5.97 Å². The lowest BCUT2D eigenvalue weighted by atomic mass is 9.52. The molecule has 0 aromatic heterocycles. The van der Waals surface area contributed by atoms with Gasteiger partial charge in [0.15, 0.2) is 6.10 Å². The summed E-state index contributed by atoms with van der Waals surface area (Å²) in [5.74, 6) is 1.06. The van der Waals surface area contributed by atoms with Crippen molar-refractivity contribution in [2.24, 2.45) is 11.8 Å². The number of carbonyl (C=O) groups is 1. The monoisotopic (exact) mass is 463 g/mol. The molecule has 1 saturated heterocycles. The van der Waals surface area contributed by atoms with Crippen molar-refractivity contribution < 1.29 is 20.1 Å². The normalized spacial score (nSPS) is 29.0. The first-order chi connectivity index (χ1) is 16.5. The van der Waals surface area contributed by atoms with Crippen LogP contribution in [0.1, 0.15) is 74.2 Å². The zero-order valence-corrected chi connectivity index (χ0v) is 19.9. The van der Waals surface area contributed by atoms with E-state index < -0.39 is 12.1 Å². The average molecular weight is 464 g/mol. The predicted octanol–water partition coefficient (Wildman–Crippen LogP) is 5.06. The zero-order chi connectivity index (χ0) is 23.7. The smallest absolute Gasteiger partial charge is 0.337 e. The van der Waals surface area contributed by atoms with Crippen molar-refractivity contribution in [2.75, 3.05) is 13.1 Å². The van der Waals surface area contributed by atoms with Gasteiger partial charge in [-0.3, -0.25) is 4.90 Å². The van der Waals surface area contributed by atoms with Crippen LogP contribution in [0.15, 0.2) is 48.5 Å². The number of nitrogens with zero attached hydrogens (tertiary/aromatic N) is 1. The molecule has 5 nitrogen and oxygen atoms in total. The lowest BCUT2D eigenvalue weighted by Gasteiger charge is -2.59. The molecular weight excluding hydrogens is 426 g/mol. The van der Waals surface area contributed by atoms with Crippen LogP contribution in [0.4, 0.5) is 0 Å². The molecule has 34 heavy (non-hydrogen) atoms. The summed E-state index contributed by atoms with van der Waals surface area (Å²) < 4.78 is 0. The minimum absolute atomic E-state index is 0.380. The van der Waals surface area contributed by atoms with Crippen LogP contribution in [0.2, 0.25) is 0 Å². The van der Waals surface area contributed by atoms with Gasteiger partial charge >= 0.3 is 5.97 Å². The van der Waals surface area contributed by atoms with Gasteiger partial charge in [0.1, 0.15) is 5.75 Å². The average Bonchev–Trinajstić information content (AvgIpc) is 2.83. The number of aliphatic hydroxyl groups excluding tert-OH is 1. The van der Waals surface area contributed by atoms with Gasteiger partial charge in [0.05, 0.1) is 0 Å². The molecule has 2 saturated carbocycles. The largest absolute Gasteiger partial charge is 0.508 e. The van der Waals surface area contributed by atoms with Crippen molar-refractivity contribution in [3.8, 4) is 5.75 Å². The molecule has 3 aliphatic carbocycles. The number of carboxylic acids is 1. The van der Waals surface area contributed by atoms with Crippen LogP contribution in [0.3, 0.4) is 0 Å². The first kappa shape index (κ1) is 23.4. The molecule has 0 unspecified atom stereocenters. The lowest BCUT2D eigenvalue weighted by Crippen LogP contribution is -2.61. The Bertz CT molecular complexity index is 1000. The Morgan fingerprint density at radius 2 is 1.82 bits per heavy atom. The van der Waals surface area contributed by atoms with E-state index in [4.69, 9.17) is 10.2 Å². The number of carboxylic acid groups (broad SMARTS) is 1. The molecule has 5 heteroatoms. The second kappa shape index (κ2) is 9.71. The minimum atomic E-state index is -1.41. The summed E-state index contributed by atoms with van der Waals surface area (Å²) in [4.78, 5) is 13.1. The van der Waals surface area contributed by atoms with E-state index in [0.717, 1.165) is 17.9 Å². The standard InChI is InChI=1S/C21H29NO.C8H8O3/c23-17-8-7-16-12-20-18-6-1-2-9-21(18,19(16)13-17)10-11-22(20)14-15-4-3-5-15;9-7(8(10)11)6-4-2-1-3-5-6/h7-8,13,15,18,20,23H,1-6,9-12,14H2;1-5,7,9H,(H,10,11)/t18-,20-,21-;7-/m00/s1. The molecule has 2 aromatic rings. The molecule has 1 aliphatic heterocycles. The third-order valence-electron chi connectivity index (χ3n) is 9.00. The summed E-state index contributed by atoms with van der Waals surface area (Å²) in [5.41, 5.74) is 3.83. The topological polar surface area (TPSA) is 81.0 Å². The second-order valence-corrected chi connectivity index (χ2v) is 10.8. The summed E-state index contributed by atoms with van der Waals surface area (Å²) in [7, 11) is 0. The van der Waals surface area contributed by atoms with Crippen LogP contribution in [0.5, 0.6) is 5.75 Å². The fourth-order valence-electron chi connectivity index (χ4n) is 7.08. The zero-order valence-electron chi connectivity index (χ0n) is 19.9. The highest BCUT2D eigenvalue weighted by molar-refractivity contribution is 5.73. The van der Waals surface area contributed by atoms with Gasteiger partial charge in [0.2, 0.25) is 0 Å². The highest BCUT2D eigenvalue weighted by atomic mass is 16.4. The lowest BCUT2D eigenvalue weighted by molar-refractivity contribution is -0.146. The van der Waals surface area contributed by atoms with Crippen LogP contribution >= 0.6 is 0 Å². The van der Waals surface area contributed by atoms with Crippen molar-refractivity contribution in [1.82, 2.24) is 4.90 Å². The van der Waals surface area contributed by atoms with Crippen molar-refractivity contribution in [2.45, 2.75) is 75.3 Å². The fourth-order valence-corrected chi connectivity index (χ4v) is 7.08. The number of phenols is 1. The molecular formula is C29H37NO4. The Kier molecular flexibility index (Phi) is 6.67. The van der Waals surface area contributed by atoms with E-state index >= 15 is 0 Å². The number of aromatic hydroxyl groups is 1. The quantitative estimate of drug-likeness (QED) is 0.591. The first-order valence-corrected chi connectivity index (χ1v) is 13.0. The number of likely N-dealkylation sites (tertiary alicyclic amines) is 1. The number of aliphatic hydroxyl groups is 1. The molecule has 4 atom stereocenters. The SMILES string of the molecule is O=C(O)[C@@H](O)c1ccccc1.Oc1ccc2c(c1)[C@]13CCCC[C@H]1[C@H](C2)N(CC1CCC1)CC3. The number of aliphatic carboxylic acids is 1. The van der Waals surface area contributed by atoms with Gasteiger partial charge in [-0.1, -0.05) is 55.7 Å². The Hall–Kier alpha value is -2.37. The summed E-state index contributed by atoms with van der Waals surface area (Å²) in [6, 6.07) is 15.3. The van der Waals surface area contributed by atoms with E-state index in [0.29, 0.717) is 16.7 Å². The summed E-state index contributed by atoms with van der Waals surface area (Å²) in [6.45, 7) is 2.64. The molecule has 0 radical (unpaired) electrons. The molecule has 6 rings (SSSR count). The molecule has 182 valence electrons. The summed E-state index contributed by atoms with van der Waals surface area (Å²) in [6.07, 6.45) is 11.0. The van der Waals surface area contributed by atoms with Gasteiger partial charge in [-0.25, -0.2) is 4.79 Å². The summed E-state index contributed by atoms with van der Waals surface area (Å²) in [5, 5.41) is 27.5. The number of benzene rings is 2. The van der Waals surface area contributed by atoms with Gasteiger partial charge in [-0.2, -0.15) is 0 Å². The maximum Gasteiger partial charge on any atom is 0.337 e. The molecule has 0 amide bonds. The molecule has 2 bridgehead atoms. The van der Waals surface area contributed by atoms with Gasteiger partial charge in [-0.05, 0) is 85.7 Å². The van der Waals surface area contributed by atoms with E-state index in [1.54, 1.807) is 30.3 Å². The van der Waals surface area contributed by atoms with Crippen LogP contribution in [0, 0.1) is 11.8 Å². The first-order valence-electron chi connectivity index (χ1n) is 13.0. The maximum atomic E-state index is 10.2. The molecule has 4 aliphatic rings. The van der Waals surface area contributed by atoms with Gasteiger partial charge in [0.25, 0.3) is 0 Å². The number of hydrogen-bond acceptors (Lipinski definition) is 4. The maximum absolute atomic E-state index is 10.2. The number of rotatable bonds is 4. The molecule has 1 heterocycles. The summed E-state index contributed by atoms with van der Waals surface area (Å²) >= 11 is 0. The van der Waals surface area contributed by atoms with Crippen LogP contribution in [-0.2, 0) is 16.6 Å². The number of piperidine rings is 1. The van der Waals surface area contributed by atoms with E-state index in [9.17, 15) is 9.90 Å². The van der Waals surface area contributed by atoms with Crippen molar-refractivity contribution in [3.63, 3.8) is 0 Å². The highest BCUT2D eigenvalue weighted by Crippen LogP contribution is 2.56. The number of hydrogen-bond donors (Lipinski definition) is 3. The Morgan fingerprint density at radius 1 is 1.03 bits per heavy atom. The van der Waals surface area contributed by atoms with Crippen molar-refractivity contribution in [3.05, 3.63) is 65.2 Å². The second-order valence-electron chi connectivity index (χ2n) is 10.8. The van der Waals surface area contributed by atoms with E-state index in [2.05, 4.69) is 17.0 Å². The van der Waals surface area contributed by atoms with Crippen LogP contribution in [-0.4, -0.2) is 45.3 Å². The number of fused-ring (bicyclic) bond motifs is 1. The molecule has 3 fully saturated rings. The van der Waals surface area contributed by atoms with Crippen LogP contribution in [0.25, 0.3) is 0 Å². The Labute approximate surface area is 202 Å². The van der Waals surface area contributed by atoms with Gasteiger partial charge in [-0.15, -0.1) is 0 Å². The predicted molar refractivity (Wildman–Crippen MR) is 132 cm³/mol. The van der Waals surface area contributed by atoms with Gasteiger partial charge < -0.3 is 15.3 Å². The Morgan fingerprint density at radius 3 is 2.53 bits per heavy atom. The Balaban J connectivity index is 0.000000186. The van der Waals surface area contributed by atoms with Crippen LogP contribution < -0.4 is 0 Å². The molecule has 0 spiro atoms. The third kappa shape index (κ3) is 4.36. The van der Waals surface area contributed by atoms with E-state index in [1.165, 1.54) is 82.0 Å². The minimum Gasteiger partial charge on any atom is -0.508 e. The van der Waals surface area contributed by atoms with Gasteiger partial charge in [0, 0.05) is 18.0 Å². The van der Waals surface area contributed by atoms with Crippen molar-refractivity contribution in [1.29, 1.82) is 0 Å². The third-order valence-corrected chi connectivity index (χ3v) is 9.00. The van der Waals surface area contributed by atoms with E-state index in [1.807, 2.05) is 6.07 Å². The van der Waals surface area contributed by atoms with E-state index in [-0.39, 0.29) is 0 Å².